The Hall–Kier alpha value is -0.177. The van der Waals surface area contributed by atoms with Gasteiger partial charge in [-0.15, -0.1) is 12.6 Å². The van der Waals surface area contributed by atoms with Gasteiger partial charge in [-0.3, -0.25) is 9.59 Å². The monoisotopic (exact) mass is 278 g/mol. The van der Waals surface area contributed by atoms with Crippen molar-refractivity contribution in [2.45, 2.75) is 11.8 Å². The van der Waals surface area contributed by atoms with Crippen LogP contribution in [0.1, 0.15) is 27.6 Å². The van der Waals surface area contributed by atoms with Crippen molar-refractivity contribution in [3.8, 4) is 0 Å². The zero-order valence-electron chi connectivity index (χ0n) is 7.58. The van der Waals surface area contributed by atoms with E-state index in [0.717, 1.165) is 0 Å². The van der Waals surface area contributed by atoms with E-state index in [1.807, 2.05) is 0 Å². The maximum atomic E-state index is 11.0. The van der Waals surface area contributed by atoms with Crippen LogP contribution in [-0.4, -0.2) is 11.0 Å². The van der Waals surface area contributed by atoms with Crippen LogP contribution in [0.3, 0.4) is 0 Å². The van der Waals surface area contributed by atoms with Crippen LogP contribution in [0.5, 0.6) is 0 Å². The largest absolute Gasteiger partial charge is 2.00 e. The first-order chi connectivity index (χ1) is 6.02. The Morgan fingerprint density at radius 2 is 1.93 bits per heavy atom. The van der Waals surface area contributed by atoms with Crippen LogP contribution in [0.25, 0.3) is 0 Å². The summed E-state index contributed by atoms with van der Waals surface area (Å²) in [5, 5.41) is -0.604. The van der Waals surface area contributed by atoms with E-state index >= 15 is 0 Å². The van der Waals surface area contributed by atoms with Gasteiger partial charge in [-0.25, -0.2) is 0 Å². The number of hydrogen-bond acceptors (Lipinski definition) is 3. The molecule has 14 heavy (non-hydrogen) atoms. The standard InChI is InChI=1S/C9H7ClO2S.Zn/c1-5(11)6-2-3-8(13)7(4-6)9(10)12;/h2-4,13H,1H3;/q;+2. The Kier molecular flexibility index (Phi) is 5.57. The predicted octanol–water partition coefficient (Wildman–Crippen LogP) is 2.55. The van der Waals surface area contributed by atoms with Gasteiger partial charge in [0.05, 0.1) is 0 Å². The van der Waals surface area contributed by atoms with Crippen molar-refractivity contribution >= 4 is 35.3 Å². The third-order valence-corrected chi connectivity index (χ3v) is 2.21. The second-order valence-electron chi connectivity index (χ2n) is 2.56. The van der Waals surface area contributed by atoms with Gasteiger partial charge < -0.3 is 0 Å². The summed E-state index contributed by atoms with van der Waals surface area (Å²) in [7, 11) is 0. The van der Waals surface area contributed by atoms with Crippen molar-refractivity contribution in [3.63, 3.8) is 0 Å². The van der Waals surface area contributed by atoms with E-state index in [1.54, 1.807) is 12.1 Å². The molecule has 0 radical (unpaired) electrons. The molecule has 0 atom stereocenters. The maximum absolute atomic E-state index is 11.0. The van der Waals surface area contributed by atoms with Crippen LogP contribution >= 0.6 is 24.2 Å². The number of halogens is 1. The van der Waals surface area contributed by atoms with Crippen molar-refractivity contribution < 1.29 is 29.1 Å². The first-order valence-corrected chi connectivity index (χ1v) is 4.38. The summed E-state index contributed by atoms with van der Waals surface area (Å²) < 4.78 is 0. The Labute approximate surface area is 105 Å². The zero-order chi connectivity index (χ0) is 10.0. The summed E-state index contributed by atoms with van der Waals surface area (Å²) in [6.07, 6.45) is 0. The Balaban J connectivity index is 0.00000169. The van der Waals surface area contributed by atoms with E-state index in [0.29, 0.717) is 10.5 Å². The summed E-state index contributed by atoms with van der Waals surface area (Å²) in [5.74, 6) is -0.104. The first-order valence-electron chi connectivity index (χ1n) is 3.56. The molecule has 0 unspecified atom stereocenters. The van der Waals surface area contributed by atoms with Crippen LogP contribution in [0, 0.1) is 0 Å². The number of hydrogen-bond donors (Lipinski definition) is 1. The first kappa shape index (κ1) is 13.8. The number of thiol groups is 1. The second kappa shape index (κ2) is 5.64. The van der Waals surface area contributed by atoms with E-state index in [2.05, 4.69) is 12.6 Å². The Morgan fingerprint density at radius 3 is 2.36 bits per heavy atom. The smallest absolute Gasteiger partial charge is 0.295 e. The predicted molar refractivity (Wildman–Crippen MR) is 53.9 cm³/mol. The zero-order valence-corrected chi connectivity index (χ0v) is 12.2. The second-order valence-corrected chi connectivity index (χ2v) is 3.39. The van der Waals surface area contributed by atoms with Crippen LogP contribution in [0.15, 0.2) is 23.1 Å². The fraction of sp³-hybridized carbons (Fsp3) is 0.111. The Bertz CT molecular complexity index is 379. The molecule has 0 N–H and O–H groups in total. The minimum absolute atomic E-state index is 0. The number of carbonyl (C=O) groups is 2. The molecule has 0 aliphatic rings. The van der Waals surface area contributed by atoms with Gasteiger partial charge in [0, 0.05) is 16.0 Å². The molecule has 1 rings (SSSR count). The molecule has 0 amide bonds. The number of carbonyl (C=O) groups excluding carboxylic acids is 2. The molecule has 0 saturated carbocycles. The topological polar surface area (TPSA) is 34.1 Å². The van der Waals surface area contributed by atoms with Crippen LogP contribution in [0.4, 0.5) is 0 Å². The third kappa shape index (κ3) is 3.19. The minimum atomic E-state index is -0.604. The van der Waals surface area contributed by atoms with Gasteiger partial charge in [0.1, 0.15) is 0 Å². The van der Waals surface area contributed by atoms with Gasteiger partial charge in [0.25, 0.3) is 5.24 Å². The van der Waals surface area contributed by atoms with Crippen LogP contribution < -0.4 is 0 Å². The molecule has 0 fully saturated rings. The van der Waals surface area contributed by atoms with E-state index in [4.69, 9.17) is 11.6 Å². The van der Waals surface area contributed by atoms with Crippen LogP contribution in [-0.2, 0) is 19.5 Å². The summed E-state index contributed by atoms with van der Waals surface area (Å²) in [4.78, 5) is 22.3. The van der Waals surface area contributed by atoms with E-state index in [1.165, 1.54) is 13.0 Å². The molecule has 0 heterocycles. The normalized spacial score (nSPS) is 9.07. The van der Waals surface area contributed by atoms with E-state index < -0.39 is 5.24 Å². The fourth-order valence-electron chi connectivity index (χ4n) is 0.912. The number of ketones is 1. The molecule has 0 spiro atoms. The summed E-state index contributed by atoms with van der Waals surface area (Å²) in [6, 6.07) is 4.63. The molecule has 68 valence electrons. The van der Waals surface area contributed by atoms with Crippen molar-refractivity contribution in [2.75, 3.05) is 0 Å². The minimum Gasteiger partial charge on any atom is -0.295 e. The van der Waals surface area contributed by atoms with Gasteiger partial charge in [0.15, 0.2) is 5.78 Å². The Morgan fingerprint density at radius 1 is 1.36 bits per heavy atom. The summed E-state index contributed by atoms with van der Waals surface area (Å²) >= 11 is 9.32. The molecule has 0 bridgehead atoms. The third-order valence-electron chi connectivity index (χ3n) is 1.61. The fourth-order valence-corrected chi connectivity index (χ4v) is 1.38. The van der Waals surface area contributed by atoms with Crippen molar-refractivity contribution in [3.05, 3.63) is 29.3 Å². The van der Waals surface area contributed by atoms with Gasteiger partial charge in [0.2, 0.25) is 0 Å². The van der Waals surface area contributed by atoms with E-state index in [-0.39, 0.29) is 30.8 Å². The SMILES string of the molecule is CC(=O)c1ccc(S)c(C(=O)Cl)c1.[Zn+2]. The average Bonchev–Trinajstić information content (AvgIpc) is 2.04. The molecule has 0 saturated heterocycles. The van der Waals surface area contributed by atoms with Gasteiger partial charge in [-0.1, -0.05) is 6.07 Å². The van der Waals surface area contributed by atoms with Gasteiger partial charge in [-0.05, 0) is 30.7 Å². The van der Waals surface area contributed by atoms with Gasteiger partial charge >= 0.3 is 19.5 Å². The van der Waals surface area contributed by atoms with E-state index in [9.17, 15) is 9.59 Å². The van der Waals surface area contributed by atoms with Crippen molar-refractivity contribution in [1.29, 1.82) is 0 Å². The molecule has 2 nitrogen and oxygen atoms in total. The molecule has 0 aromatic heterocycles. The molecule has 1 aromatic carbocycles. The number of Topliss-reactive ketones (excluding diaryl/α,β-unsaturated/α-hetero) is 1. The van der Waals surface area contributed by atoms with Crippen molar-refractivity contribution in [2.24, 2.45) is 0 Å². The maximum Gasteiger partial charge on any atom is 2.00 e. The number of rotatable bonds is 2. The number of benzene rings is 1. The molecule has 0 aliphatic heterocycles. The molecule has 5 heteroatoms. The quantitative estimate of drug-likeness (QED) is 0.391. The van der Waals surface area contributed by atoms with Gasteiger partial charge in [-0.2, -0.15) is 0 Å². The molecular weight excluding hydrogens is 273 g/mol. The van der Waals surface area contributed by atoms with Crippen molar-refractivity contribution in [1.82, 2.24) is 0 Å². The molecule has 1 aromatic rings. The molecule has 0 aliphatic carbocycles. The average molecular weight is 280 g/mol. The summed E-state index contributed by atoms with van der Waals surface area (Å²) in [5.41, 5.74) is 0.722. The molecular formula is C9H7ClO2SZn+2. The summed E-state index contributed by atoms with van der Waals surface area (Å²) in [6.45, 7) is 1.43. The van der Waals surface area contributed by atoms with Crippen LogP contribution in [0.2, 0.25) is 0 Å².